The molecule has 0 saturated carbocycles. The Hall–Kier alpha value is -2.12. The second-order valence-electron chi connectivity index (χ2n) is 5.30. The lowest BCUT2D eigenvalue weighted by Crippen LogP contribution is -2.44. The predicted octanol–water partition coefficient (Wildman–Crippen LogP) is -0.00570. The molecule has 1 aromatic heterocycles. The number of carboxylic acids is 1. The van der Waals surface area contributed by atoms with E-state index in [2.05, 4.69) is 20.5 Å². The van der Waals surface area contributed by atoms with Crippen molar-refractivity contribution in [2.75, 3.05) is 6.54 Å². The summed E-state index contributed by atoms with van der Waals surface area (Å²) in [7, 11) is 0. The van der Waals surface area contributed by atoms with E-state index in [0.717, 1.165) is 18.7 Å². The number of hydrogen-bond acceptors (Lipinski definition) is 4. The van der Waals surface area contributed by atoms with Crippen molar-refractivity contribution in [3.8, 4) is 0 Å². The minimum absolute atomic E-state index is 0.0754. The van der Waals surface area contributed by atoms with E-state index in [1.165, 1.54) is 6.33 Å². The lowest BCUT2D eigenvalue weighted by Gasteiger charge is -2.23. The second kappa shape index (κ2) is 5.10. The van der Waals surface area contributed by atoms with Gasteiger partial charge in [0.05, 0.1) is 5.92 Å². The summed E-state index contributed by atoms with van der Waals surface area (Å²) in [4.78, 5) is 29.0. The maximum atomic E-state index is 12.2. The number of carboxylic acid groups (broad SMARTS) is 1. The number of aromatic nitrogens is 3. The van der Waals surface area contributed by atoms with Gasteiger partial charge >= 0.3 is 12.0 Å². The third kappa shape index (κ3) is 2.21. The molecule has 0 spiro atoms. The SMILES string of the molecule is O=C(O)C1CC2CCC1N2C(=O)NCCc1ncn[nH]1. The number of carbonyl (C=O) groups is 2. The molecule has 2 fully saturated rings. The number of aliphatic carboxylic acids is 1. The van der Waals surface area contributed by atoms with Crippen molar-refractivity contribution in [2.45, 2.75) is 37.8 Å². The van der Waals surface area contributed by atoms with Crippen molar-refractivity contribution in [3.05, 3.63) is 12.2 Å². The van der Waals surface area contributed by atoms with E-state index in [9.17, 15) is 9.59 Å². The first-order chi connectivity index (χ1) is 9.66. The topological polar surface area (TPSA) is 111 Å². The number of carbonyl (C=O) groups excluding carboxylic acids is 1. The second-order valence-corrected chi connectivity index (χ2v) is 5.30. The number of fused-ring (bicyclic) bond motifs is 2. The van der Waals surface area contributed by atoms with Crippen LogP contribution in [0, 0.1) is 5.92 Å². The summed E-state index contributed by atoms with van der Waals surface area (Å²) in [6.07, 6.45) is 4.28. The van der Waals surface area contributed by atoms with Crippen LogP contribution in [0.5, 0.6) is 0 Å². The van der Waals surface area contributed by atoms with Crippen LogP contribution in [0.15, 0.2) is 6.33 Å². The lowest BCUT2D eigenvalue weighted by atomic mass is 9.89. The third-order valence-corrected chi connectivity index (χ3v) is 4.19. The van der Waals surface area contributed by atoms with Crippen LogP contribution in [0.2, 0.25) is 0 Å². The monoisotopic (exact) mass is 279 g/mol. The number of nitrogens with zero attached hydrogens (tertiary/aromatic N) is 3. The Bertz CT molecular complexity index is 503. The molecule has 3 N–H and O–H groups in total. The Morgan fingerprint density at radius 3 is 3.00 bits per heavy atom. The van der Waals surface area contributed by atoms with Crippen molar-refractivity contribution >= 4 is 12.0 Å². The van der Waals surface area contributed by atoms with Gasteiger partial charge in [-0.1, -0.05) is 0 Å². The standard InChI is InChI=1S/C12H17N5O3/c18-11(19)8-5-7-1-2-9(8)17(7)12(20)13-4-3-10-14-6-15-16-10/h6-9H,1-5H2,(H,13,20)(H,18,19)(H,14,15,16). The van der Waals surface area contributed by atoms with Crippen LogP contribution in [0.3, 0.4) is 0 Å². The molecule has 8 heteroatoms. The summed E-state index contributed by atoms with van der Waals surface area (Å²) in [5, 5.41) is 18.5. The highest BCUT2D eigenvalue weighted by Crippen LogP contribution is 2.41. The van der Waals surface area contributed by atoms with Gasteiger partial charge in [0.25, 0.3) is 0 Å². The number of H-pyrrole nitrogens is 1. The first-order valence-electron chi connectivity index (χ1n) is 6.80. The van der Waals surface area contributed by atoms with Crippen molar-refractivity contribution in [1.29, 1.82) is 0 Å². The quantitative estimate of drug-likeness (QED) is 0.718. The van der Waals surface area contributed by atoms with E-state index in [1.807, 2.05) is 0 Å². The molecular formula is C12H17N5O3. The van der Waals surface area contributed by atoms with Crippen LogP contribution in [0.25, 0.3) is 0 Å². The first-order valence-corrected chi connectivity index (χ1v) is 6.80. The van der Waals surface area contributed by atoms with Crippen molar-refractivity contribution in [2.24, 2.45) is 5.92 Å². The first kappa shape index (κ1) is 12.9. The Kier molecular flexibility index (Phi) is 3.29. The summed E-state index contributed by atoms with van der Waals surface area (Å²) < 4.78 is 0. The fourth-order valence-electron chi connectivity index (χ4n) is 3.30. The van der Waals surface area contributed by atoms with Crippen LogP contribution >= 0.6 is 0 Å². The lowest BCUT2D eigenvalue weighted by molar-refractivity contribution is -0.142. The number of urea groups is 1. The van der Waals surface area contributed by atoms with Gasteiger partial charge in [0.2, 0.25) is 0 Å². The van der Waals surface area contributed by atoms with Gasteiger partial charge in [-0.3, -0.25) is 9.89 Å². The molecule has 2 amide bonds. The van der Waals surface area contributed by atoms with E-state index in [-0.39, 0.29) is 18.1 Å². The molecule has 2 saturated heterocycles. The minimum Gasteiger partial charge on any atom is -0.481 e. The van der Waals surface area contributed by atoms with Gasteiger partial charge in [0, 0.05) is 25.0 Å². The molecular weight excluding hydrogens is 262 g/mol. The average molecular weight is 279 g/mol. The number of rotatable bonds is 4. The fraction of sp³-hybridized carbons (Fsp3) is 0.667. The molecule has 0 aliphatic carbocycles. The van der Waals surface area contributed by atoms with Gasteiger partial charge in [-0.15, -0.1) is 0 Å². The maximum Gasteiger partial charge on any atom is 0.317 e. The zero-order chi connectivity index (χ0) is 14.1. The molecule has 20 heavy (non-hydrogen) atoms. The van der Waals surface area contributed by atoms with Gasteiger partial charge in [-0.05, 0) is 19.3 Å². The van der Waals surface area contributed by atoms with Crippen LogP contribution < -0.4 is 5.32 Å². The van der Waals surface area contributed by atoms with Crippen LogP contribution in [-0.4, -0.2) is 55.8 Å². The highest BCUT2D eigenvalue weighted by Gasteiger charge is 2.51. The number of amides is 2. The van der Waals surface area contributed by atoms with Crippen LogP contribution in [0.4, 0.5) is 4.79 Å². The highest BCUT2D eigenvalue weighted by molar-refractivity contribution is 5.79. The Balaban J connectivity index is 1.54. The van der Waals surface area contributed by atoms with E-state index in [4.69, 9.17) is 5.11 Å². The zero-order valence-corrected chi connectivity index (χ0v) is 11.0. The number of hydrogen-bond donors (Lipinski definition) is 3. The smallest absolute Gasteiger partial charge is 0.317 e. The minimum atomic E-state index is -0.795. The molecule has 2 aliphatic rings. The molecule has 3 heterocycles. The maximum absolute atomic E-state index is 12.2. The van der Waals surface area contributed by atoms with E-state index in [0.29, 0.717) is 19.4 Å². The summed E-state index contributed by atoms with van der Waals surface area (Å²) in [5.41, 5.74) is 0. The molecule has 108 valence electrons. The van der Waals surface area contributed by atoms with Crippen LogP contribution in [-0.2, 0) is 11.2 Å². The number of aromatic amines is 1. The summed E-state index contributed by atoms with van der Waals surface area (Å²) in [5.74, 6) is -0.483. The zero-order valence-electron chi connectivity index (χ0n) is 11.0. The molecule has 3 rings (SSSR count). The Morgan fingerprint density at radius 1 is 1.50 bits per heavy atom. The molecule has 3 atom stereocenters. The van der Waals surface area contributed by atoms with Gasteiger partial charge in [0.15, 0.2) is 0 Å². The van der Waals surface area contributed by atoms with E-state index < -0.39 is 11.9 Å². The van der Waals surface area contributed by atoms with Gasteiger partial charge < -0.3 is 15.3 Å². The number of nitrogens with one attached hydrogen (secondary N) is 2. The molecule has 0 aromatic carbocycles. The Labute approximate surface area is 115 Å². The van der Waals surface area contributed by atoms with Crippen LogP contribution in [0.1, 0.15) is 25.1 Å². The largest absolute Gasteiger partial charge is 0.481 e. The van der Waals surface area contributed by atoms with Gasteiger partial charge in [0.1, 0.15) is 12.2 Å². The van der Waals surface area contributed by atoms with E-state index in [1.54, 1.807) is 4.90 Å². The molecule has 8 nitrogen and oxygen atoms in total. The van der Waals surface area contributed by atoms with Gasteiger partial charge in [-0.2, -0.15) is 5.10 Å². The molecule has 2 aliphatic heterocycles. The predicted molar refractivity (Wildman–Crippen MR) is 67.9 cm³/mol. The summed E-state index contributed by atoms with van der Waals surface area (Å²) in [6, 6.07) is -0.241. The molecule has 3 unspecified atom stereocenters. The molecule has 0 radical (unpaired) electrons. The average Bonchev–Trinajstić information content (AvgIpc) is 3.13. The fourth-order valence-corrected chi connectivity index (χ4v) is 3.30. The van der Waals surface area contributed by atoms with Gasteiger partial charge in [-0.25, -0.2) is 9.78 Å². The molecule has 1 aromatic rings. The van der Waals surface area contributed by atoms with Crippen molar-refractivity contribution < 1.29 is 14.7 Å². The normalized spacial score (nSPS) is 27.8. The van der Waals surface area contributed by atoms with E-state index >= 15 is 0 Å². The van der Waals surface area contributed by atoms with Crippen molar-refractivity contribution in [3.63, 3.8) is 0 Å². The van der Waals surface area contributed by atoms with Crippen molar-refractivity contribution in [1.82, 2.24) is 25.4 Å². The summed E-state index contributed by atoms with van der Waals surface area (Å²) >= 11 is 0. The molecule has 2 bridgehead atoms. The highest BCUT2D eigenvalue weighted by atomic mass is 16.4. The Morgan fingerprint density at radius 2 is 2.35 bits per heavy atom. The third-order valence-electron chi connectivity index (χ3n) is 4.19. The summed E-state index contributed by atoms with van der Waals surface area (Å²) in [6.45, 7) is 0.460.